The van der Waals surface area contributed by atoms with Crippen molar-refractivity contribution in [1.29, 1.82) is 0 Å². The summed E-state index contributed by atoms with van der Waals surface area (Å²) in [6, 6.07) is 12.9. The van der Waals surface area contributed by atoms with Gasteiger partial charge in [0.2, 0.25) is 0 Å². The van der Waals surface area contributed by atoms with Gasteiger partial charge in [-0.05, 0) is 24.3 Å². The minimum absolute atomic E-state index is 0.0911. The van der Waals surface area contributed by atoms with Crippen LogP contribution in [-0.4, -0.2) is 22.8 Å². The number of nitro groups is 1. The van der Waals surface area contributed by atoms with Crippen LogP contribution in [0, 0.1) is 10.1 Å². The predicted octanol–water partition coefficient (Wildman–Crippen LogP) is 2.26. The molecule has 8 heteroatoms. The number of anilines is 1. The first kappa shape index (κ1) is 16.1. The summed E-state index contributed by atoms with van der Waals surface area (Å²) < 4.78 is 0. The average molecular weight is 337 g/mol. The fourth-order valence-electron chi connectivity index (χ4n) is 2.40. The van der Waals surface area contributed by atoms with Crippen LogP contribution in [-0.2, 0) is 9.59 Å². The van der Waals surface area contributed by atoms with E-state index >= 15 is 0 Å². The number of amides is 4. The molecule has 8 nitrogen and oxygen atoms in total. The van der Waals surface area contributed by atoms with Gasteiger partial charge in [-0.3, -0.25) is 25.0 Å². The van der Waals surface area contributed by atoms with E-state index in [1.54, 1.807) is 24.3 Å². The fraction of sp³-hybridized carbons (Fsp3) is 0. The Balaban J connectivity index is 2.07. The summed E-state index contributed by atoms with van der Waals surface area (Å²) in [5.41, 5.74) is -0.240. The Labute approximate surface area is 141 Å². The number of nitro benzene ring substituents is 1. The standard InChI is InChI=1S/C17H11N3O5/c21-15-13(10-11-6-4-5-9-14(11)20(24)25)16(22)19(17(23)18-15)12-7-2-1-3-8-12/h1-10H,(H,18,21,23). The highest BCUT2D eigenvalue weighted by Crippen LogP contribution is 2.24. The molecule has 1 N–H and O–H groups in total. The number of nitrogens with one attached hydrogen (secondary N) is 1. The van der Waals surface area contributed by atoms with Crippen molar-refractivity contribution in [3.05, 3.63) is 75.8 Å². The van der Waals surface area contributed by atoms with Crippen LogP contribution < -0.4 is 10.2 Å². The van der Waals surface area contributed by atoms with Gasteiger partial charge in [-0.2, -0.15) is 0 Å². The van der Waals surface area contributed by atoms with Gasteiger partial charge >= 0.3 is 6.03 Å². The number of hydrogen-bond donors (Lipinski definition) is 1. The lowest BCUT2D eigenvalue weighted by Gasteiger charge is -2.26. The molecule has 0 spiro atoms. The minimum Gasteiger partial charge on any atom is -0.273 e. The Hall–Kier alpha value is -3.81. The molecule has 0 atom stereocenters. The molecule has 3 rings (SSSR count). The number of benzene rings is 2. The summed E-state index contributed by atoms with van der Waals surface area (Å²) >= 11 is 0. The lowest BCUT2D eigenvalue weighted by atomic mass is 10.1. The molecule has 0 bridgehead atoms. The van der Waals surface area contributed by atoms with Gasteiger partial charge in [0.1, 0.15) is 5.57 Å². The van der Waals surface area contributed by atoms with Crippen molar-refractivity contribution < 1.29 is 19.3 Å². The Morgan fingerprint density at radius 1 is 0.960 bits per heavy atom. The van der Waals surface area contributed by atoms with Crippen molar-refractivity contribution in [1.82, 2.24) is 5.32 Å². The summed E-state index contributed by atoms with van der Waals surface area (Å²) in [4.78, 5) is 48.0. The maximum atomic E-state index is 12.6. The topological polar surface area (TPSA) is 110 Å². The van der Waals surface area contributed by atoms with E-state index in [1.165, 1.54) is 30.3 Å². The van der Waals surface area contributed by atoms with Gasteiger partial charge in [-0.1, -0.05) is 30.3 Å². The molecule has 0 saturated carbocycles. The number of nitrogens with zero attached hydrogens (tertiary/aromatic N) is 2. The largest absolute Gasteiger partial charge is 0.335 e. The fourth-order valence-corrected chi connectivity index (χ4v) is 2.40. The molecule has 124 valence electrons. The van der Waals surface area contributed by atoms with E-state index in [0.29, 0.717) is 0 Å². The van der Waals surface area contributed by atoms with Crippen LogP contribution in [0.15, 0.2) is 60.2 Å². The van der Waals surface area contributed by atoms with Gasteiger partial charge in [-0.15, -0.1) is 0 Å². The quantitative estimate of drug-likeness (QED) is 0.400. The highest BCUT2D eigenvalue weighted by molar-refractivity contribution is 6.39. The third-order valence-electron chi connectivity index (χ3n) is 3.55. The van der Waals surface area contributed by atoms with Crippen LogP contribution in [0.25, 0.3) is 6.08 Å². The molecular formula is C17H11N3O5. The van der Waals surface area contributed by atoms with E-state index in [1.807, 2.05) is 0 Å². The van der Waals surface area contributed by atoms with Crippen LogP contribution in [0.1, 0.15) is 5.56 Å². The molecule has 0 unspecified atom stereocenters. The van der Waals surface area contributed by atoms with E-state index in [4.69, 9.17) is 0 Å². The molecule has 1 fully saturated rings. The van der Waals surface area contributed by atoms with Crippen molar-refractivity contribution in [3.63, 3.8) is 0 Å². The lowest BCUT2D eigenvalue weighted by molar-refractivity contribution is -0.385. The van der Waals surface area contributed by atoms with Crippen molar-refractivity contribution in [2.45, 2.75) is 0 Å². The second-order valence-corrected chi connectivity index (χ2v) is 5.11. The highest BCUT2D eigenvalue weighted by Gasteiger charge is 2.37. The number of para-hydroxylation sites is 2. The second-order valence-electron chi connectivity index (χ2n) is 5.11. The number of urea groups is 1. The Bertz CT molecular complexity index is 921. The van der Waals surface area contributed by atoms with Crippen LogP contribution >= 0.6 is 0 Å². The van der Waals surface area contributed by atoms with E-state index in [-0.39, 0.29) is 22.5 Å². The smallest absolute Gasteiger partial charge is 0.273 e. The zero-order chi connectivity index (χ0) is 18.0. The van der Waals surface area contributed by atoms with Gasteiger partial charge in [0.25, 0.3) is 17.5 Å². The summed E-state index contributed by atoms with van der Waals surface area (Å²) in [5, 5.41) is 13.2. The number of carbonyl (C=O) groups excluding carboxylic acids is 3. The zero-order valence-corrected chi connectivity index (χ0v) is 12.7. The molecule has 0 radical (unpaired) electrons. The van der Waals surface area contributed by atoms with Gasteiger partial charge in [0, 0.05) is 6.07 Å². The van der Waals surface area contributed by atoms with Crippen molar-refractivity contribution >= 4 is 35.3 Å². The lowest BCUT2D eigenvalue weighted by Crippen LogP contribution is -2.54. The van der Waals surface area contributed by atoms with Gasteiger partial charge in [0.05, 0.1) is 16.2 Å². The molecular weight excluding hydrogens is 326 g/mol. The molecule has 2 aromatic carbocycles. The predicted molar refractivity (Wildman–Crippen MR) is 88.5 cm³/mol. The molecule has 0 aromatic heterocycles. The first-order chi connectivity index (χ1) is 12.0. The summed E-state index contributed by atoms with van der Waals surface area (Å²) in [5.74, 6) is -1.75. The molecule has 4 amide bonds. The summed E-state index contributed by atoms with van der Waals surface area (Å²) in [6.45, 7) is 0. The molecule has 2 aromatic rings. The first-order valence-corrected chi connectivity index (χ1v) is 7.19. The Kier molecular flexibility index (Phi) is 4.09. The first-order valence-electron chi connectivity index (χ1n) is 7.19. The molecule has 1 aliphatic heterocycles. The molecule has 1 saturated heterocycles. The number of hydrogen-bond acceptors (Lipinski definition) is 5. The molecule has 25 heavy (non-hydrogen) atoms. The van der Waals surface area contributed by atoms with E-state index in [2.05, 4.69) is 5.32 Å². The second kappa shape index (κ2) is 6.36. The Morgan fingerprint density at radius 3 is 2.28 bits per heavy atom. The van der Waals surface area contributed by atoms with Gasteiger partial charge in [0.15, 0.2) is 0 Å². The van der Waals surface area contributed by atoms with Crippen molar-refractivity contribution in [2.24, 2.45) is 0 Å². The SMILES string of the molecule is O=C1NC(=O)N(c2ccccc2)C(=O)C1=Cc1ccccc1[N+](=O)[O-]. The molecule has 1 heterocycles. The van der Waals surface area contributed by atoms with Crippen LogP contribution in [0.2, 0.25) is 0 Å². The van der Waals surface area contributed by atoms with Gasteiger partial charge in [-0.25, -0.2) is 9.69 Å². The normalized spacial score (nSPS) is 16.1. The van der Waals surface area contributed by atoms with Gasteiger partial charge < -0.3 is 0 Å². The third kappa shape index (κ3) is 3.00. The Morgan fingerprint density at radius 2 is 1.60 bits per heavy atom. The summed E-state index contributed by atoms with van der Waals surface area (Å²) in [7, 11) is 0. The summed E-state index contributed by atoms with van der Waals surface area (Å²) in [6.07, 6.45) is 1.11. The average Bonchev–Trinajstić information content (AvgIpc) is 2.59. The highest BCUT2D eigenvalue weighted by atomic mass is 16.6. The number of barbiturate groups is 1. The van der Waals surface area contributed by atoms with E-state index in [9.17, 15) is 24.5 Å². The van der Waals surface area contributed by atoms with Crippen LogP contribution in [0.3, 0.4) is 0 Å². The zero-order valence-electron chi connectivity index (χ0n) is 12.7. The van der Waals surface area contributed by atoms with Crippen LogP contribution in [0.5, 0.6) is 0 Å². The van der Waals surface area contributed by atoms with E-state index < -0.39 is 22.8 Å². The maximum Gasteiger partial charge on any atom is 0.335 e. The minimum atomic E-state index is -0.902. The number of imide groups is 2. The van der Waals surface area contributed by atoms with Crippen molar-refractivity contribution in [3.8, 4) is 0 Å². The van der Waals surface area contributed by atoms with E-state index in [0.717, 1.165) is 11.0 Å². The van der Waals surface area contributed by atoms with Crippen LogP contribution in [0.4, 0.5) is 16.2 Å². The van der Waals surface area contributed by atoms with Crippen molar-refractivity contribution in [2.75, 3.05) is 4.90 Å². The maximum absolute atomic E-state index is 12.6. The third-order valence-corrected chi connectivity index (χ3v) is 3.55. The number of rotatable bonds is 3. The molecule has 0 aliphatic carbocycles. The monoisotopic (exact) mass is 337 g/mol. The number of carbonyl (C=O) groups is 3. The molecule has 1 aliphatic rings.